The van der Waals surface area contributed by atoms with E-state index in [0.717, 1.165) is 0 Å². The Kier molecular flexibility index (Phi) is 1.75. The third-order valence-electron chi connectivity index (χ3n) is 0.909. The van der Waals surface area contributed by atoms with Crippen LogP contribution in [0.2, 0.25) is 0 Å². The molecule has 1 aromatic heterocycles. The Hall–Kier alpha value is -0.960. The molecule has 1 radical (unpaired) electrons. The van der Waals surface area contributed by atoms with Crippen molar-refractivity contribution in [2.75, 3.05) is 0 Å². The van der Waals surface area contributed by atoms with Crippen molar-refractivity contribution in [3.8, 4) is 0 Å². The maximum absolute atomic E-state index is 8.88. The Labute approximate surface area is 53.4 Å². The maximum Gasteiger partial charge on any atom is 0.157 e. The quantitative estimate of drug-likeness (QED) is 0.585. The van der Waals surface area contributed by atoms with Crippen LogP contribution in [0.4, 0.5) is 0 Å². The van der Waals surface area contributed by atoms with Crippen LogP contribution in [0.1, 0.15) is 18.9 Å². The van der Waals surface area contributed by atoms with Gasteiger partial charge in [0.05, 0.1) is 6.20 Å². The summed E-state index contributed by atoms with van der Waals surface area (Å²) < 4.78 is 0. The first kappa shape index (κ1) is 6.16. The van der Waals surface area contributed by atoms with Gasteiger partial charge in [0.15, 0.2) is 5.82 Å². The van der Waals surface area contributed by atoms with E-state index in [4.69, 9.17) is 5.11 Å². The van der Waals surface area contributed by atoms with E-state index in [9.17, 15) is 0 Å². The van der Waals surface area contributed by atoms with Crippen LogP contribution >= 0.6 is 0 Å². The molecule has 0 aromatic carbocycles. The lowest BCUT2D eigenvalue weighted by molar-refractivity contribution is 0.189. The van der Waals surface area contributed by atoms with Crippen molar-refractivity contribution in [1.29, 1.82) is 0 Å². The third-order valence-corrected chi connectivity index (χ3v) is 0.909. The van der Waals surface area contributed by atoms with E-state index in [2.05, 4.69) is 16.2 Å². The number of aliphatic hydroxyl groups excluding tert-OH is 1. The van der Waals surface area contributed by atoms with Crippen LogP contribution in [-0.2, 0) is 0 Å². The number of nitrogens with zero attached hydrogens (tertiary/aromatic N) is 2. The second-order valence-electron chi connectivity index (χ2n) is 1.72. The Balaban J connectivity index is 2.85. The van der Waals surface area contributed by atoms with Crippen molar-refractivity contribution in [3.63, 3.8) is 0 Å². The molecule has 3 heteroatoms. The van der Waals surface area contributed by atoms with Gasteiger partial charge in [0.1, 0.15) is 6.10 Å². The molecule has 0 aliphatic heterocycles. The zero-order chi connectivity index (χ0) is 6.69. The van der Waals surface area contributed by atoms with E-state index in [-0.39, 0.29) is 0 Å². The van der Waals surface area contributed by atoms with Gasteiger partial charge in [-0.2, -0.15) is 0 Å². The number of aliphatic hydroxyl groups is 1. The van der Waals surface area contributed by atoms with Crippen LogP contribution < -0.4 is 0 Å². The zero-order valence-electron chi connectivity index (χ0n) is 5.07. The summed E-state index contributed by atoms with van der Waals surface area (Å²) >= 11 is 0. The van der Waals surface area contributed by atoms with Crippen LogP contribution in [0, 0.1) is 6.20 Å². The highest BCUT2D eigenvalue weighted by Crippen LogP contribution is 2.01. The van der Waals surface area contributed by atoms with Gasteiger partial charge >= 0.3 is 0 Å². The monoisotopic (exact) mass is 123 g/mol. The van der Waals surface area contributed by atoms with Crippen molar-refractivity contribution in [2.45, 2.75) is 13.0 Å². The lowest BCUT2D eigenvalue weighted by Gasteiger charge is -1.97. The zero-order valence-corrected chi connectivity index (χ0v) is 5.07. The molecule has 0 bridgehead atoms. The van der Waals surface area contributed by atoms with E-state index in [0.29, 0.717) is 5.82 Å². The standard InChI is InChI=1S/C6H7N2O/c1-5(9)6-7-3-2-4-8-6/h2-3,5,9H,1H3. The van der Waals surface area contributed by atoms with Crippen molar-refractivity contribution >= 4 is 0 Å². The third kappa shape index (κ3) is 1.47. The molecule has 1 unspecified atom stereocenters. The van der Waals surface area contributed by atoms with Crippen LogP contribution in [-0.4, -0.2) is 15.1 Å². The van der Waals surface area contributed by atoms with Gasteiger partial charge in [-0.1, -0.05) is 0 Å². The van der Waals surface area contributed by atoms with E-state index < -0.39 is 6.10 Å². The molecule has 1 N–H and O–H groups in total. The molecule has 3 nitrogen and oxygen atoms in total. The summed E-state index contributed by atoms with van der Waals surface area (Å²) in [5.41, 5.74) is 0. The summed E-state index contributed by atoms with van der Waals surface area (Å²) in [6, 6.07) is 1.59. The SMILES string of the molecule is CC(O)c1n[c]ccn1. The van der Waals surface area contributed by atoms with Crippen molar-refractivity contribution < 1.29 is 5.11 Å². The summed E-state index contributed by atoms with van der Waals surface area (Å²) in [5.74, 6) is 0.414. The first-order valence-corrected chi connectivity index (χ1v) is 2.68. The lowest BCUT2D eigenvalue weighted by atomic mass is 10.4. The van der Waals surface area contributed by atoms with Gasteiger partial charge in [0.2, 0.25) is 0 Å². The van der Waals surface area contributed by atoms with E-state index in [1.165, 1.54) is 0 Å². The number of hydrogen-bond donors (Lipinski definition) is 1. The second kappa shape index (κ2) is 2.55. The van der Waals surface area contributed by atoms with Crippen LogP contribution in [0.15, 0.2) is 12.3 Å². The molecule has 47 valence electrons. The number of rotatable bonds is 1. The molecular formula is C6H7N2O. The summed E-state index contributed by atoms with van der Waals surface area (Å²) in [5, 5.41) is 8.88. The molecule has 1 aromatic rings. The van der Waals surface area contributed by atoms with Gasteiger partial charge in [-0.3, -0.25) is 0 Å². The molecule has 1 atom stereocenters. The fourth-order valence-corrected chi connectivity index (χ4v) is 0.481. The number of aromatic nitrogens is 2. The predicted molar refractivity (Wildman–Crippen MR) is 31.5 cm³/mol. The summed E-state index contributed by atoms with van der Waals surface area (Å²) in [7, 11) is 0. The van der Waals surface area contributed by atoms with E-state index >= 15 is 0 Å². The molecule has 1 rings (SSSR count). The first-order valence-electron chi connectivity index (χ1n) is 2.68. The minimum atomic E-state index is -0.595. The number of hydrogen-bond acceptors (Lipinski definition) is 3. The van der Waals surface area contributed by atoms with Gasteiger partial charge in [-0.25, -0.2) is 9.97 Å². The average Bonchev–Trinajstić information content (AvgIpc) is 1.90. The van der Waals surface area contributed by atoms with Gasteiger partial charge in [0.25, 0.3) is 0 Å². The molecule has 0 aliphatic rings. The van der Waals surface area contributed by atoms with Crippen LogP contribution in [0.5, 0.6) is 0 Å². The minimum Gasteiger partial charge on any atom is -0.385 e. The van der Waals surface area contributed by atoms with Gasteiger partial charge < -0.3 is 5.11 Å². The fraction of sp³-hybridized carbons (Fsp3) is 0.333. The molecule has 0 saturated carbocycles. The topological polar surface area (TPSA) is 46.0 Å². The highest BCUT2D eigenvalue weighted by Gasteiger charge is 1.99. The Morgan fingerprint density at radius 2 is 2.56 bits per heavy atom. The lowest BCUT2D eigenvalue weighted by Crippen LogP contribution is -1.97. The summed E-state index contributed by atoms with van der Waals surface area (Å²) in [6.07, 6.45) is 3.53. The minimum absolute atomic E-state index is 0.414. The second-order valence-corrected chi connectivity index (χ2v) is 1.72. The Morgan fingerprint density at radius 1 is 1.78 bits per heavy atom. The highest BCUT2D eigenvalue weighted by atomic mass is 16.3. The van der Waals surface area contributed by atoms with Gasteiger partial charge in [-0.15, -0.1) is 0 Å². The summed E-state index contributed by atoms with van der Waals surface area (Å²) in [4.78, 5) is 7.48. The molecular weight excluding hydrogens is 116 g/mol. The molecule has 9 heavy (non-hydrogen) atoms. The molecule has 1 heterocycles. The van der Waals surface area contributed by atoms with Gasteiger partial charge in [0, 0.05) is 6.20 Å². The molecule has 0 fully saturated rings. The summed E-state index contributed by atoms with van der Waals surface area (Å²) in [6.45, 7) is 1.61. The highest BCUT2D eigenvalue weighted by molar-refractivity contribution is 4.89. The molecule has 0 aliphatic carbocycles. The van der Waals surface area contributed by atoms with Crippen molar-refractivity contribution in [1.82, 2.24) is 9.97 Å². The van der Waals surface area contributed by atoms with Crippen LogP contribution in [0.25, 0.3) is 0 Å². The van der Waals surface area contributed by atoms with Crippen molar-refractivity contribution in [2.24, 2.45) is 0 Å². The molecule has 0 spiro atoms. The Bertz CT molecular complexity index is 174. The average molecular weight is 123 g/mol. The Morgan fingerprint density at radius 3 is 2.89 bits per heavy atom. The van der Waals surface area contributed by atoms with Crippen LogP contribution in [0.3, 0.4) is 0 Å². The fourth-order valence-electron chi connectivity index (χ4n) is 0.481. The molecule has 0 saturated heterocycles. The van der Waals surface area contributed by atoms with Gasteiger partial charge in [-0.05, 0) is 13.0 Å². The molecule has 0 amide bonds. The van der Waals surface area contributed by atoms with E-state index in [1.54, 1.807) is 19.2 Å². The van der Waals surface area contributed by atoms with Crippen molar-refractivity contribution in [3.05, 3.63) is 24.3 Å². The smallest absolute Gasteiger partial charge is 0.157 e. The van der Waals surface area contributed by atoms with E-state index in [1.807, 2.05) is 0 Å². The largest absolute Gasteiger partial charge is 0.385 e. The predicted octanol–water partition coefficient (Wildman–Crippen LogP) is 0.330. The first-order chi connectivity index (χ1) is 4.30. The normalized spacial score (nSPS) is 13.1. The maximum atomic E-state index is 8.88.